The van der Waals surface area contributed by atoms with Gasteiger partial charge in [0.2, 0.25) is 0 Å². The van der Waals surface area contributed by atoms with E-state index in [1.807, 2.05) is 0 Å². The van der Waals surface area contributed by atoms with Gasteiger partial charge in [-0.1, -0.05) is 6.07 Å². The molecule has 98 valence electrons. The number of morpholine rings is 1. The smallest absolute Gasteiger partial charge is 0.387 e. The summed E-state index contributed by atoms with van der Waals surface area (Å²) in [5, 5.41) is 0. The van der Waals surface area contributed by atoms with Gasteiger partial charge in [-0.05, 0) is 18.2 Å². The molecule has 2 rings (SSSR count). The van der Waals surface area contributed by atoms with Crippen LogP contribution in [-0.2, 0) is 4.74 Å². The van der Waals surface area contributed by atoms with Gasteiger partial charge in [0.25, 0.3) is 5.91 Å². The van der Waals surface area contributed by atoms with Crippen molar-refractivity contribution in [3.05, 3.63) is 29.8 Å². The second kappa shape index (κ2) is 5.77. The van der Waals surface area contributed by atoms with Crippen LogP contribution in [0.3, 0.4) is 0 Å². The number of amides is 1. The number of benzene rings is 1. The maximum atomic E-state index is 12.1. The summed E-state index contributed by atoms with van der Waals surface area (Å²) in [6.45, 7) is -0.867. The third-order valence-corrected chi connectivity index (χ3v) is 2.60. The van der Waals surface area contributed by atoms with E-state index in [9.17, 15) is 13.6 Å². The van der Waals surface area contributed by atoms with Crippen molar-refractivity contribution in [1.29, 1.82) is 0 Å². The average molecular weight is 257 g/mol. The van der Waals surface area contributed by atoms with E-state index < -0.39 is 6.61 Å². The molecule has 1 aliphatic rings. The van der Waals surface area contributed by atoms with E-state index in [4.69, 9.17) is 4.74 Å². The lowest BCUT2D eigenvalue weighted by Gasteiger charge is -2.26. The minimum absolute atomic E-state index is 0.0101. The zero-order valence-electron chi connectivity index (χ0n) is 9.64. The molecule has 0 atom stereocenters. The van der Waals surface area contributed by atoms with Gasteiger partial charge in [-0.25, -0.2) is 0 Å². The molecule has 0 unspecified atom stereocenters. The van der Waals surface area contributed by atoms with Crippen molar-refractivity contribution in [1.82, 2.24) is 4.90 Å². The monoisotopic (exact) mass is 257 g/mol. The number of hydrogen-bond acceptors (Lipinski definition) is 3. The molecule has 1 heterocycles. The zero-order valence-corrected chi connectivity index (χ0v) is 9.64. The third kappa shape index (κ3) is 3.16. The topological polar surface area (TPSA) is 38.8 Å². The number of halogens is 2. The van der Waals surface area contributed by atoms with Crippen LogP contribution in [0.4, 0.5) is 8.78 Å². The van der Waals surface area contributed by atoms with E-state index in [0.29, 0.717) is 31.9 Å². The summed E-state index contributed by atoms with van der Waals surface area (Å²) in [5.74, 6) is -0.206. The maximum Gasteiger partial charge on any atom is 0.387 e. The molecule has 1 fully saturated rings. The Morgan fingerprint density at radius 2 is 2.06 bits per heavy atom. The molecule has 4 nitrogen and oxygen atoms in total. The van der Waals surface area contributed by atoms with Crippen molar-refractivity contribution in [2.75, 3.05) is 26.3 Å². The fourth-order valence-corrected chi connectivity index (χ4v) is 1.75. The molecule has 1 saturated heterocycles. The molecule has 1 aromatic rings. The Balaban J connectivity index is 2.09. The first kappa shape index (κ1) is 12.8. The molecule has 0 N–H and O–H groups in total. The van der Waals surface area contributed by atoms with Crippen LogP contribution in [0.25, 0.3) is 0 Å². The predicted octanol–water partition coefficient (Wildman–Crippen LogP) is 1.76. The van der Waals surface area contributed by atoms with Crippen molar-refractivity contribution in [2.24, 2.45) is 0 Å². The average Bonchev–Trinajstić information content (AvgIpc) is 2.38. The number of carbonyl (C=O) groups is 1. The van der Waals surface area contributed by atoms with E-state index in [0.717, 1.165) is 0 Å². The van der Waals surface area contributed by atoms with Crippen LogP contribution < -0.4 is 4.74 Å². The molecule has 6 heteroatoms. The van der Waals surface area contributed by atoms with Crippen LogP contribution in [-0.4, -0.2) is 43.7 Å². The van der Waals surface area contributed by atoms with E-state index in [2.05, 4.69) is 4.74 Å². The Hall–Kier alpha value is -1.69. The lowest BCUT2D eigenvalue weighted by Crippen LogP contribution is -2.40. The molecule has 1 amide bonds. The van der Waals surface area contributed by atoms with Gasteiger partial charge >= 0.3 is 6.61 Å². The van der Waals surface area contributed by atoms with Crippen LogP contribution in [0.5, 0.6) is 5.75 Å². The lowest BCUT2D eigenvalue weighted by atomic mass is 10.2. The highest BCUT2D eigenvalue weighted by atomic mass is 19.3. The number of hydrogen-bond donors (Lipinski definition) is 0. The summed E-state index contributed by atoms with van der Waals surface area (Å²) in [7, 11) is 0. The zero-order chi connectivity index (χ0) is 13.0. The van der Waals surface area contributed by atoms with Crippen LogP contribution in [0, 0.1) is 0 Å². The second-order valence-corrected chi connectivity index (χ2v) is 3.81. The van der Waals surface area contributed by atoms with Crippen LogP contribution in [0.1, 0.15) is 10.4 Å². The molecule has 0 radical (unpaired) electrons. The number of ether oxygens (including phenoxy) is 2. The SMILES string of the molecule is O=C(c1cccc(OC(F)F)c1)N1CCOCC1. The minimum Gasteiger partial charge on any atom is -0.435 e. The molecule has 0 saturated carbocycles. The fourth-order valence-electron chi connectivity index (χ4n) is 1.75. The maximum absolute atomic E-state index is 12.1. The molecule has 0 bridgehead atoms. The molecule has 1 aromatic carbocycles. The van der Waals surface area contributed by atoms with Gasteiger partial charge in [-0.15, -0.1) is 0 Å². The van der Waals surface area contributed by atoms with Crippen LogP contribution >= 0.6 is 0 Å². The van der Waals surface area contributed by atoms with Crippen molar-refractivity contribution in [3.63, 3.8) is 0 Å². The molecule has 0 aromatic heterocycles. The first-order valence-electron chi connectivity index (χ1n) is 5.59. The predicted molar refractivity (Wildman–Crippen MR) is 59.8 cm³/mol. The summed E-state index contributed by atoms with van der Waals surface area (Å²) >= 11 is 0. The molecule has 0 spiro atoms. The first-order valence-corrected chi connectivity index (χ1v) is 5.59. The number of rotatable bonds is 3. The van der Waals surface area contributed by atoms with E-state index in [-0.39, 0.29) is 11.7 Å². The van der Waals surface area contributed by atoms with Crippen molar-refractivity contribution in [3.8, 4) is 5.75 Å². The van der Waals surface area contributed by atoms with Crippen molar-refractivity contribution >= 4 is 5.91 Å². The van der Waals surface area contributed by atoms with E-state index >= 15 is 0 Å². The Labute approximate surface area is 103 Å². The quantitative estimate of drug-likeness (QED) is 0.828. The summed E-state index contributed by atoms with van der Waals surface area (Å²) < 4.78 is 33.6. The Bertz CT molecular complexity index is 420. The first-order chi connectivity index (χ1) is 8.66. The molecular weight excluding hydrogens is 244 g/mol. The highest BCUT2D eigenvalue weighted by molar-refractivity contribution is 5.94. The van der Waals surface area contributed by atoms with E-state index in [1.165, 1.54) is 18.2 Å². The van der Waals surface area contributed by atoms with Crippen LogP contribution in [0.2, 0.25) is 0 Å². The summed E-state index contributed by atoms with van der Waals surface area (Å²) in [5.41, 5.74) is 0.343. The standard InChI is InChI=1S/C12H13F2NO3/c13-12(14)18-10-3-1-2-9(8-10)11(16)15-4-6-17-7-5-15/h1-3,8,12H,4-7H2. The largest absolute Gasteiger partial charge is 0.435 e. The Morgan fingerprint density at radius 3 is 2.72 bits per heavy atom. The fraction of sp³-hybridized carbons (Fsp3) is 0.417. The normalized spacial score (nSPS) is 15.8. The van der Waals surface area contributed by atoms with Gasteiger partial charge < -0.3 is 14.4 Å². The highest BCUT2D eigenvalue weighted by Crippen LogP contribution is 2.17. The lowest BCUT2D eigenvalue weighted by molar-refractivity contribution is -0.0499. The van der Waals surface area contributed by atoms with Gasteiger partial charge in [0.05, 0.1) is 13.2 Å². The third-order valence-electron chi connectivity index (χ3n) is 2.60. The van der Waals surface area contributed by atoms with Crippen molar-refractivity contribution in [2.45, 2.75) is 6.61 Å². The van der Waals surface area contributed by atoms with Gasteiger partial charge in [0, 0.05) is 18.7 Å². The second-order valence-electron chi connectivity index (χ2n) is 3.81. The van der Waals surface area contributed by atoms with Gasteiger partial charge in [0.1, 0.15) is 5.75 Å². The Kier molecular flexibility index (Phi) is 4.09. The van der Waals surface area contributed by atoms with Gasteiger partial charge in [-0.2, -0.15) is 8.78 Å². The van der Waals surface area contributed by atoms with E-state index in [1.54, 1.807) is 11.0 Å². The number of nitrogens with zero attached hydrogens (tertiary/aromatic N) is 1. The molecule has 18 heavy (non-hydrogen) atoms. The minimum atomic E-state index is -2.89. The van der Waals surface area contributed by atoms with Gasteiger partial charge in [0.15, 0.2) is 0 Å². The van der Waals surface area contributed by atoms with Gasteiger partial charge in [-0.3, -0.25) is 4.79 Å². The highest BCUT2D eigenvalue weighted by Gasteiger charge is 2.19. The molecule has 1 aliphatic heterocycles. The summed E-state index contributed by atoms with van der Waals surface area (Å²) in [4.78, 5) is 13.7. The van der Waals surface area contributed by atoms with Crippen LogP contribution in [0.15, 0.2) is 24.3 Å². The summed E-state index contributed by atoms with van der Waals surface area (Å²) in [6.07, 6.45) is 0. The summed E-state index contributed by atoms with van der Waals surface area (Å²) in [6, 6.07) is 5.81. The Morgan fingerprint density at radius 1 is 1.33 bits per heavy atom. The molecule has 0 aliphatic carbocycles. The number of carbonyl (C=O) groups excluding carboxylic acids is 1. The number of alkyl halides is 2. The van der Waals surface area contributed by atoms with Crippen molar-refractivity contribution < 1.29 is 23.0 Å². The molecular formula is C12H13F2NO3.